The lowest BCUT2D eigenvalue weighted by Gasteiger charge is -2.27. The number of amides is 7. The highest BCUT2D eigenvalue weighted by Crippen LogP contribution is 2.14. The van der Waals surface area contributed by atoms with Gasteiger partial charge in [-0.1, -0.05) is 26.0 Å². The van der Waals surface area contributed by atoms with Crippen molar-refractivity contribution in [1.29, 1.82) is 0 Å². The summed E-state index contributed by atoms with van der Waals surface area (Å²) in [6.07, 6.45) is -0.869. The normalized spacial score (nSPS) is 16.4. The molecule has 0 saturated carbocycles. The third-order valence-electron chi connectivity index (χ3n) is 8.54. The molecule has 0 bridgehead atoms. The van der Waals surface area contributed by atoms with Crippen LogP contribution in [0.4, 0.5) is 0 Å². The Morgan fingerprint density at radius 2 is 1.35 bits per heavy atom. The standard InChI is InChI=1S/C35H52N8O12/c1-18(2)15-24(41-30(49)21-10-12-28(46)38-21)32(51)42-25(16-19-6-8-20(44)9-7-19)33(52)39-22(11-13-29(47)48)31(50)43-26(17-27(37)45)34(53)40-23(35(54)55)5-3-4-14-36/h6-9,18,21-26,44H,3-5,10-17,36H2,1-2H3,(H2,37,45)(H,38,46)(H,39,52)(H,40,53)(H,41,49)(H,42,51)(H,43,50)(H,47,48)(H,54,55)/t21-,22+,23-,24-,25+,26-/m0/s1. The largest absolute Gasteiger partial charge is 0.508 e. The smallest absolute Gasteiger partial charge is 0.326 e. The Morgan fingerprint density at radius 1 is 0.782 bits per heavy atom. The molecule has 20 nitrogen and oxygen atoms in total. The summed E-state index contributed by atoms with van der Waals surface area (Å²) in [7, 11) is 0. The molecule has 7 amide bonds. The van der Waals surface area contributed by atoms with E-state index >= 15 is 0 Å². The van der Waals surface area contributed by atoms with E-state index < -0.39 is 103 Å². The Hall–Kier alpha value is -5.79. The molecule has 6 atom stereocenters. The van der Waals surface area contributed by atoms with Gasteiger partial charge in [0.15, 0.2) is 0 Å². The zero-order chi connectivity index (χ0) is 41.2. The first-order valence-electron chi connectivity index (χ1n) is 17.9. The lowest BCUT2D eigenvalue weighted by molar-refractivity contribution is -0.142. The van der Waals surface area contributed by atoms with Crippen molar-refractivity contribution in [2.24, 2.45) is 17.4 Å². The minimum atomic E-state index is -1.72. The van der Waals surface area contributed by atoms with E-state index in [9.17, 15) is 58.5 Å². The molecule has 1 aliphatic heterocycles. The maximum atomic E-state index is 13.9. The average molecular weight is 777 g/mol. The summed E-state index contributed by atoms with van der Waals surface area (Å²) >= 11 is 0. The van der Waals surface area contributed by atoms with Gasteiger partial charge in [0.2, 0.25) is 41.4 Å². The van der Waals surface area contributed by atoms with Gasteiger partial charge in [-0.05, 0) is 68.7 Å². The first-order valence-corrected chi connectivity index (χ1v) is 17.9. The van der Waals surface area contributed by atoms with Crippen molar-refractivity contribution in [2.45, 2.75) is 114 Å². The first-order chi connectivity index (χ1) is 25.9. The van der Waals surface area contributed by atoms with Gasteiger partial charge >= 0.3 is 11.9 Å². The molecule has 0 aliphatic carbocycles. The van der Waals surface area contributed by atoms with Gasteiger partial charge in [-0.3, -0.25) is 38.4 Å². The first kappa shape index (κ1) is 45.4. The Bertz CT molecular complexity index is 1550. The fourth-order valence-corrected chi connectivity index (χ4v) is 5.65. The third kappa shape index (κ3) is 16.4. The zero-order valence-corrected chi connectivity index (χ0v) is 30.8. The van der Waals surface area contributed by atoms with Crippen LogP contribution in [0.15, 0.2) is 24.3 Å². The van der Waals surface area contributed by atoms with E-state index in [2.05, 4.69) is 31.9 Å². The number of unbranched alkanes of at least 4 members (excludes halogenated alkanes) is 1. The minimum Gasteiger partial charge on any atom is -0.508 e. The maximum Gasteiger partial charge on any atom is 0.326 e. The van der Waals surface area contributed by atoms with Crippen molar-refractivity contribution in [3.63, 3.8) is 0 Å². The predicted octanol–water partition coefficient (Wildman–Crippen LogP) is -2.36. The molecule has 0 aromatic heterocycles. The van der Waals surface area contributed by atoms with Gasteiger partial charge in [-0.15, -0.1) is 0 Å². The monoisotopic (exact) mass is 776 g/mol. The molecule has 1 heterocycles. The van der Waals surface area contributed by atoms with Gasteiger partial charge in [-0.2, -0.15) is 0 Å². The van der Waals surface area contributed by atoms with Gasteiger partial charge in [0, 0.05) is 19.3 Å². The number of hydrogen-bond acceptors (Lipinski definition) is 11. The highest BCUT2D eigenvalue weighted by molar-refractivity contribution is 5.98. The molecular formula is C35H52N8O12. The molecule has 1 aliphatic rings. The highest BCUT2D eigenvalue weighted by atomic mass is 16.4. The lowest BCUT2D eigenvalue weighted by Crippen LogP contribution is -2.60. The average Bonchev–Trinajstić information content (AvgIpc) is 3.55. The fourth-order valence-electron chi connectivity index (χ4n) is 5.65. The quantitative estimate of drug-likeness (QED) is 0.0490. The number of nitrogens with one attached hydrogen (secondary N) is 6. The fraction of sp³-hybridized carbons (Fsp3) is 0.571. The lowest BCUT2D eigenvalue weighted by atomic mass is 10.00. The third-order valence-corrected chi connectivity index (χ3v) is 8.54. The molecule has 1 saturated heterocycles. The Balaban J connectivity index is 2.37. The minimum absolute atomic E-state index is 0.0141. The molecule has 1 aromatic carbocycles. The van der Waals surface area contributed by atoms with Crippen LogP contribution in [0.5, 0.6) is 5.75 Å². The van der Waals surface area contributed by atoms with Crippen molar-refractivity contribution in [1.82, 2.24) is 31.9 Å². The van der Waals surface area contributed by atoms with Gasteiger partial charge in [0.1, 0.15) is 42.0 Å². The van der Waals surface area contributed by atoms with Crippen LogP contribution in [0.1, 0.15) is 77.2 Å². The molecular weight excluding hydrogens is 724 g/mol. The number of carbonyl (C=O) groups excluding carboxylic acids is 7. The van der Waals surface area contributed by atoms with Gasteiger partial charge in [0.25, 0.3) is 0 Å². The molecule has 304 valence electrons. The number of carbonyl (C=O) groups is 9. The number of aromatic hydroxyl groups is 1. The number of benzene rings is 1. The number of carboxylic acids is 2. The molecule has 0 radical (unpaired) electrons. The van der Waals surface area contributed by atoms with Crippen LogP contribution in [-0.2, 0) is 49.6 Å². The summed E-state index contributed by atoms with van der Waals surface area (Å²) in [5, 5.41) is 43.4. The van der Waals surface area contributed by atoms with E-state index in [1.54, 1.807) is 13.8 Å². The summed E-state index contributed by atoms with van der Waals surface area (Å²) in [6.45, 7) is 3.87. The summed E-state index contributed by atoms with van der Waals surface area (Å²) in [5.41, 5.74) is 11.2. The zero-order valence-electron chi connectivity index (χ0n) is 30.8. The maximum absolute atomic E-state index is 13.9. The highest BCUT2D eigenvalue weighted by Gasteiger charge is 2.35. The van der Waals surface area contributed by atoms with E-state index in [1.807, 2.05) is 0 Å². The second kappa shape index (κ2) is 22.4. The van der Waals surface area contributed by atoms with Crippen LogP contribution in [0.2, 0.25) is 0 Å². The Morgan fingerprint density at radius 3 is 1.89 bits per heavy atom. The van der Waals surface area contributed by atoms with Crippen molar-refractivity contribution in [3.05, 3.63) is 29.8 Å². The summed E-state index contributed by atoms with van der Waals surface area (Å²) < 4.78 is 0. The number of carboxylic acid groups (broad SMARTS) is 2. The summed E-state index contributed by atoms with van der Waals surface area (Å²) in [4.78, 5) is 114. The van der Waals surface area contributed by atoms with Crippen molar-refractivity contribution in [3.8, 4) is 5.75 Å². The number of phenolic OH excluding ortho intramolecular Hbond substituents is 1. The van der Waals surface area contributed by atoms with E-state index in [1.165, 1.54) is 24.3 Å². The van der Waals surface area contributed by atoms with Crippen LogP contribution >= 0.6 is 0 Å². The number of phenols is 1. The van der Waals surface area contributed by atoms with Gasteiger partial charge in [-0.25, -0.2) is 4.79 Å². The van der Waals surface area contributed by atoms with E-state index in [-0.39, 0.29) is 56.2 Å². The number of hydrogen-bond donors (Lipinski definition) is 11. The molecule has 1 aromatic rings. The molecule has 20 heteroatoms. The summed E-state index contributed by atoms with van der Waals surface area (Å²) in [6, 6.07) is -2.64. The van der Waals surface area contributed by atoms with Gasteiger partial charge < -0.3 is 58.7 Å². The number of primary amides is 1. The van der Waals surface area contributed by atoms with E-state index in [4.69, 9.17) is 11.5 Å². The van der Waals surface area contributed by atoms with Crippen molar-refractivity contribution >= 4 is 53.3 Å². The van der Waals surface area contributed by atoms with Crippen LogP contribution < -0.4 is 43.4 Å². The molecule has 2 rings (SSSR count). The molecule has 1 fully saturated rings. The predicted molar refractivity (Wildman–Crippen MR) is 193 cm³/mol. The summed E-state index contributed by atoms with van der Waals surface area (Å²) in [5.74, 6) is -8.87. The number of rotatable bonds is 24. The second-order valence-electron chi connectivity index (χ2n) is 13.7. The molecule has 55 heavy (non-hydrogen) atoms. The topological polar surface area (TPSA) is 339 Å². The molecule has 13 N–H and O–H groups in total. The SMILES string of the molecule is CC(C)C[C@H](NC(=O)[C@@H]1CCC(=O)N1)C(=O)N[C@H](Cc1ccc(O)cc1)C(=O)N[C@H](CCC(=O)O)C(=O)N[C@@H](CC(N)=O)C(=O)N[C@@H](CCCCN)C(=O)O. The Labute approximate surface area is 317 Å². The van der Waals surface area contributed by atoms with Crippen LogP contribution in [0.25, 0.3) is 0 Å². The Kier molecular flexibility index (Phi) is 18.5. The van der Waals surface area contributed by atoms with Crippen LogP contribution in [-0.4, -0.2) is 111 Å². The van der Waals surface area contributed by atoms with Crippen molar-refractivity contribution < 1.29 is 58.5 Å². The van der Waals surface area contributed by atoms with Gasteiger partial charge in [0.05, 0.1) is 6.42 Å². The number of nitrogens with two attached hydrogens (primary N) is 2. The van der Waals surface area contributed by atoms with E-state index in [0.29, 0.717) is 18.4 Å². The van der Waals surface area contributed by atoms with E-state index in [0.717, 1.165) is 0 Å². The van der Waals surface area contributed by atoms with Crippen molar-refractivity contribution in [2.75, 3.05) is 6.54 Å². The molecule has 0 spiro atoms. The van der Waals surface area contributed by atoms with Crippen LogP contribution in [0.3, 0.4) is 0 Å². The molecule has 0 unspecified atom stereocenters. The van der Waals surface area contributed by atoms with Crippen LogP contribution in [0, 0.1) is 5.92 Å². The second-order valence-corrected chi connectivity index (χ2v) is 13.7. The number of aliphatic carboxylic acids is 2.